The first kappa shape index (κ1) is 20.5. The molecule has 1 aromatic heterocycles. The summed E-state index contributed by atoms with van der Waals surface area (Å²) < 4.78 is 5.09. The van der Waals surface area contributed by atoms with Crippen molar-refractivity contribution < 1.29 is 19.4 Å². The van der Waals surface area contributed by atoms with E-state index in [0.717, 1.165) is 0 Å². The van der Waals surface area contributed by atoms with E-state index in [0.29, 0.717) is 37.6 Å². The number of rotatable bonds is 5. The molecule has 0 unspecified atom stereocenters. The van der Waals surface area contributed by atoms with Crippen LogP contribution in [0.2, 0.25) is 0 Å². The number of carbonyl (C=O) groups excluding carboxylic acids is 1. The molecule has 0 fully saturated rings. The highest BCUT2D eigenvalue weighted by atomic mass is 16.6. The van der Waals surface area contributed by atoms with Crippen LogP contribution in [0.5, 0.6) is 5.75 Å². The zero-order valence-electron chi connectivity index (χ0n) is 14.2. The molecule has 0 aliphatic rings. The first-order valence-electron chi connectivity index (χ1n) is 7.55. The molecule has 0 aliphatic carbocycles. The Morgan fingerprint density at radius 3 is 2.00 bits per heavy atom. The fourth-order valence-corrected chi connectivity index (χ4v) is 1.61. The lowest BCUT2D eigenvalue weighted by Gasteiger charge is -2.18. The summed E-state index contributed by atoms with van der Waals surface area (Å²) in [4.78, 5) is 28.4. The van der Waals surface area contributed by atoms with Crippen molar-refractivity contribution in [2.75, 3.05) is 31.9 Å². The number of carbonyl (C=O) groups is 2. The Morgan fingerprint density at radius 1 is 1.13 bits per heavy atom. The second kappa shape index (κ2) is 11.1. The van der Waals surface area contributed by atoms with Crippen molar-refractivity contribution in [2.45, 2.75) is 27.7 Å². The van der Waals surface area contributed by atoms with Crippen molar-refractivity contribution in [2.24, 2.45) is 0 Å². The maximum Gasteiger partial charge on any atom is 0.415 e. The highest BCUT2D eigenvalue weighted by Gasteiger charge is 2.13. The SMILES string of the molecule is CCN(CC)C(=O)O.CCN(CC)C(=O)Oc1cnccc1N. The quantitative estimate of drug-likeness (QED) is 0.860. The van der Waals surface area contributed by atoms with E-state index in [9.17, 15) is 9.59 Å². The largest absolute Gasteiger partial charge is 0.465 e. The summed E-state index contributed by atoms with van der Waals surface area (Å²) in [5, 5.41) is 8.30. The van der Waals surface area contributed by atoms with E-state index in [-0.39, 0.29) is 0 Å². The van der Waals surface area contributed by atoms with Gasteiger partial charge in [-0.1, -0.05) is 0 Å². The minimum absolute atomic E-state index is 0.300. The molecule has 0 radical (unpaired) electrons. The molecule has 0 bridgehead atoms. The molecule has 0 spiro atoms. The average Bonchev–Trinajstić information content (AvgIpc) is 2.52. The fourth-order valence-electron chi connectivity index (χ4n) is 1.61. The minimum Gasteiger partial charge on any atom is -0.465 e. The normalized spacial score (nSPS) is 9.39. The minimum atomic E-state index is -0.838. The Balaban J connectivity index is 0.000000515. The van der Waals surface area contributed by atoms with Gasteiger partial charge in [0.15, 0.2) is 5.75 Å². The van der Waals surface area contributed by atoms with Crippen LogP contribution in [0.4, 0.5) is 15.3 Å². The van der Waals surface area contributed by atoms with E-state index in [4.69, 9.17) is 15.6 Å². The predicted octanol–water partition coefficient (Wildman–Crippen LogP) is 2.51. The number of anilines is 1. The number of nitrogens with two attached hydrogens (primary N) is 1. The molecule has 1 rings (SSSR count). The molecule has 130 valence electrons. The van der Waals surface area contributed by atoms with Gasteiger partial charge in [0.2, 0.25) is 0 Å². The lowest BCUT2D eigenvalue weighted by molar-refractivity contribution is 0.150. The summed E-state index contributed by atoms with van der Waals surface area (Å²) in [6.07, 6.45) is 1.73. The molecule has 8 heteroatoms. The third-order valence-electron chi connectivity index (χ3n) is 3.07. The van der Waals surface area contributed by atoms with E-state index in [2.05, 4.69) is 4.98 Å². The van der Waals surface area contributed by atoms with Gasteiger partial charge in [0.05, 0.1) is 11.9 Å². The van der Waals surface area contributed by atoms with Crippen LogP contribution < -0.4 is 10.5 Å². The van der Waals surface area contributed by atoms with Crippen molar-refractivity contribution in [3.05, 3.63) is 18.5 Å². The monoisotopic (exact) mass is 326 g/mol. The molecule has 0 aliphatic heterocycles. The third-order valence-corrected chi connectivity index (χ3v) is 3.07. The van der Waals surface area contributed by atoms with Crippen LogP contribution in [0.1, 0.15) is 27.7 Å². The second-order valence-corrected chi connectivity index (χ2v) is 4.41. The number of hydrogen-bond donors (Lipinski definition) is 2. The highest BCUT2D eigenvalue weighted by molar-refractivity contribution is 5.72. The molecule has 8 nitrogen and oxygen atoms in total. The lowest BCUT2D eigenvalue weighted by Crippen LogP contribution is -2.33. The van der Waals surface area contributed by atoms with Crippen LogP contribution in [0.3, 0.4) is 0 Å². The van der Waals surface area contributed by atoms with Crippen molar-refractivity contribution in [1.29, 1.82) is 0 Å². The summed E-state index contributed by atoms with van der Waals surface area (Å²) in [6.45, 7) is 9.77. The molecule has 0 saturated heterocycles. The molecule has 1 aromatic rings. The molecule has 0 aromatic carbocycles. The van der Waals surface area contributed by atoms with E-state index in [1.54, 1.807) is 17.2 Å². The van der Waals surface area contributed by atoms with Crippen LogP contribution in [-0.4, -0.2) is 58.3 Å². The van der Waals surface area contributed by atoms with Gasteiger partial charge in [-0.2, -0.15) is 0 Å². The van der Waals surface area contributed by atoms with Crippen LogP contribution in [0, 0.1) is 0 Å². The number of nitrogens with zero attached hydrogens (tertiary/aromatic N) is 3. The molecule has 3 N–H and O–H groups in total. The van der Waals surface area contributed by atoms with Gasteiger partial charge in [-0.05, 0) is 33.8 Å². The molecule has 23 heavy (non-hydrogen) atoms. The summed E-state index contributed by atoms with van der Waals surface area (Å²) in [5.41, 5.74) is 6.02. The number of ether oxygens (including phenoxy) is 1. The molecule has 1 heterocycles. The average molecular weight is 326 g/mol. The maximum absolute atomic E-state index is 11.5. The van der Waals surface area contributed by atoms with Crippen LogP contribution in [-0.2, 0) is 0 Å². The van der Waals surface area contributed by atoms with Gasteiger partial charge in [0.1, 0.15) is 0 Å². The molecule has 2 amide bonds. The second-order valence-electron chi connectivity index (χ2n) is 4.41. The van der Waals surface area contributed by atoms with E-state index in [1.807, 2.05) is 27.7 Å². The van der Waals surface area contributed by atoms with E-state index in [1.165, 1.54) is 11.1 Å². The Bertz CT molecular complexity index is 488. The summed E-state index contributed by atoms with van der Waals surface area (Å²) in [6, 6.07) is 1.59. The predicted molar refractivity (Wildman–Crippen MR) is 88.5 cm³/mol. The van der Waals surface area contributed by atoms with E-state index >= 15 is 0 Å². The van der Waals surface area contributed by atoms with E-state index < -0.39 is 12.2 Å². The van der Waals surface area contributed by atoms with Crippen molar-refractivity contribution in [1.82, 2.24) is 14.8 Å². The number of pyridine rings is 1. The number of carboxylic acid groups (broad SMARTS) is 1. The Morgan fingerprint density at radius 2 is 1.65 bits per heavy atom. The number of hydrogen-bond acceptors (Lipinski definition) is 5. The zero-order chi connectivity index (χ0) is 17.8. The Kier molecular flexibility index (Phi) is 9.90. The highest BCUT2D eigenvalue weighted by Crippen LogP contribution is 2.18. The third kappa shape index (κ3) is 7.35. The first-order chi connectivity index (χ1) is 10.9. The zero-order valence-corrected chi connectivity index (χ0v) is 14.2. The Labute approximate surface area is 136 Å². The van der Waals surface area contributed by atoms with Crippen LogP contribution >= 0.6 is 0 Å². The maximum atomic E-state index is 11.5. The smallest absolute Gasteiger partial charge is 0.415 e. The van der Waals surface area contributed by atoms with Crippen molar-refractivity contribution in [3.63, 3.8) is 0 Å². The standard InChI is InChI=1S/C10H15N3O2.C5H11NO2/c1-3-13(4-2)10(14)15-9-7-12-6-5-8(9)11;1-3-6(4-2)5(7)8/h5-7H,3-4H2,1-2H3,(H2,11,12);3-4H2,1-2H3,(H,7,8). The van der Waals surface area contributed by atoms with Gasteiger partial charge in [-0.3, -0.25) is 4.98 Å². The molecular formula is C15H26N4O4. The van der Waals surface area contributed by atoms with Gasteiger partial charge in [-0.15, -0.1) is 0 Å². The molecule has 0 atom stereocenters. The van der Waals surface area contributed by atoms with Crippen LogP contribution in [0.25, 0.3) is 0 Å². The summed E-state index contributed by atoms with van der Waals surface area (Å²) in [7, 11) is 0. The molecular weight excluding hydrogens is 300 g/mol. The summed E-state index contributed by atoms with van der Waals surface area (Å²) >= 11 is 0. The molecule has 0 saturated carbocycles. The van der Waals surface area contributed by atoms with Gasteiger partial charge in [0, 0.05) is 32.4 Å². The van der Waals surface area contributed by atoms with Crippen molar-refractivity contribution in [3.8, 4) is 5.75 Å². The van der Waals surface area contributed by atoms with Crippen LogP contribution in [0.15, 0.2) is 18.5 Å². The van der Waals surface area contributed by atoms with Gasteiger partial charge >= 0.3 is 12.2 Å². The van der Waals surface area contributed by atoms with Gasteiger partial charge < -0.3 is 25.4 Å². The number of aromatic nitrogens is 1. The van der Waals surface area contributed by atoms with Gasteiger partial charge in [-0.25, -0.2) is 9.59 Å². The number of amides is 2. The van der Waals surface area contributed by atoms with Gasteiger partial charge in [0.25, 0.3) is 0 Å². The summed E-state index contributed by atoms with van der Waals surface area (Å²) in [5.74, 6) is 0.300. The number of nitrogen functional groups attached to an aromatic ring is 1. The van der Waals surface area contributed by atoms with Crippen molar-refractivity contribution >= 4 is 17.9 Å². The fraction of sp³-hybridized carbons (Fsp3) is 0.533. The lowest BCUT2D eigenvalue weighted by atomic mass is 10.4. The first-order valence-corrected chi connectivity index (χ1v) is 7.55. The topological polar surface area (TPSA) is 109 Å². The Hall–Kier alpha value is -2.51.